The minimum atomic E-state index is 0.785. The van der Waals surface area contributed by atoms with E-state index in [1.54, 1.807) is 0 Å². The van der Waals surface area contributed by atoms with Crippen LogP contribution >= 0.6 is 12.2 Å². The van der Waals surface area contributed by atoms with E-state index >= 15 is 0 Å². The van der Waals surface area contributed by atoms with E-state index in [2.05, 4.69) is 53.0 Å². The molecule has 1 aromatic heterocycles. The predicted octanol–water partition coefficient (Wildman–Crippen LogP) is 2.52. The first-order chi connectivity index (χ1) is 10.7. The number of benzene rings is 1. The van der Waals surface area contributed by atoms with Crippen LogP contribution in [0.5, 0.6) is 0 Å². The highest BCUT2D eigenvalue weighted by molar-refractivity contribution is 7.71. The smallest absolute Gasteiger partial charge is 0.198 e. The molecule has 5 nitrogen and oxygen atoms in total. The van der Waals surface area contributed by atoms with Gasteiger partial charge in [0.25, 0.3) is 0 Å². The van der Waals surface area contributed by atoms with Crippen LogP contribution in [0, 0.1) is 11.7 Å². The summed E-state index contributed by atoms with van der Waals surface area (Å²) in [6.45, 7) is 10.1. The zero-order chi connectivity index (χ0) is 15.5. The molecule has 1 fully saturated rings. The van der Waals surface area contributed by atoms with Gasteiger partial charge < -0.3 is 9.47 Å². The molecule has 1 aromatic carbocycles. The monoisotopic (exact) mass is 317 g/mol. The first-order valence-electron chi connectivity index (χ1n) is 7.84. The molecule has 6 heteroatoms. The van der Waals surface area contributed by atoms with Crippen LogP contribution in [0.25, 0.3) is 0 Å². The van der Waals surface area contributed by atoms with E-state index < -0.39 is 0 Å². The molecular weight excluding hydrogens is 294 g/mol. The van der Waals surface area contributed by atoms with Gasteiger partial charge >= 0.3 is 0 Å². The molecule has 118 valence electrons. The maximum atomic E-state index is 5.44. The van der Waals surface area contributed by atoms with Crippen LogP contribution < -0.4 is 4.90 Å². The van der Waals surface area contributed by atoms with Crippen LogP contribution in [-0.4, -0.2) is 45.4 Å². The normalized spacial score (nSPS) is 16.2. The molecule has 0 N–H and O–H groups in total. The van der Waals surface area contributed by atoms with Crippen LogP contribution in [0.2, 0.25) is 0 Å². The van der Waals surface area contributed by atoms with Gasteiger partial charge in [-0.3, -0.25) is 4.90 Å². The summed E-state index contributed by atoms with van der Waals surface area (Å²) >= 11 is 5.44. The summed E-state index contributed by atoms with van der Waals surface area (Å²) < 4.78 is 4.73. The van der Waals surface area contributed by atoms with Crippen molar-refractivity contribution in [2.45, 2.75) is 27.1 Å². The topological polar surface area (TPSA) is 29.2 Å². The second-order valence-electron chi connectivity index (χ2n) is 5.73. The zero-order valence-corrected chi connectivity index (χ0v) is 14.1. The van der Waals surface area contributed by atoms with E-state index in [0.29, 0.717) is 0 Å². The summed E-state index contributed by atoms with van der Waals surface area (Å²) in [5.74, 6) is 0. The zero-order valence-electron chi connectivity index (χ0n) is 13.3. The van der Waals surface area contributed by atoms with Gasteiger partial charge in [0.1, 0.15) is 6.33 Å². The van der Waals surface area contributed by atoms with E-state index in [4.69, 9.17) is 12.2 Å². The number of rotatable bonds is 4. The van der Waals surface area contributed by atoms with Crippen molar-refractivity contribution >= 4 is 17.9 Å². The Bertz CT molecular complexity index is 682. The summed E-state index contributed by atoms with van der Waals surface area (Å²) in [6, 6.07) is 8.61. The minimum absolute atomic E-state index is 0.785. The lowest BCUT2D eigenvalue weighted by atomic mass is 10.1. The highest BCUT2D eigenvalue weighted by Crippen LogP contribution is 2.20. The predicted molar refractivity (Wildman–Crippen MR) is 91.7 cm³/mol. The van der Waals surface area contributed by atoms with Crippen molar-refractivity contribution in [3.05, 3.63) is 40.9 Å². The van der Waals surface area contributed by atoms with Crippen molar-refractivity contribution in [1.82, 2.24) is 19.2 Å². The number of nitrogens with zero attached hydrogens (tertiary/aromatic N) is 5. The van der Waals surface area contributed by atoms with E-state index in [-0.39, 0.29) is 0 Å². The van der Waals surface area contributed by atoms with Gasteiger partial charge in [0.05, 0.1) is 6.67 Å². The standard InChI is InChI=1S/C16H23N5S/c1-3-19-12-17-21(16(19)22)13-18-8-10-20(11-9-18)15-7-5-4-6-14(15)2/h4-7,12H,3,8-11,13H2,1-2H3. The maximum absolute atomic E-state index is 5.44. The molecule has 0 atom stereocenters. The Morgan fingerprint density at radius 2 is 1.86 bits per heavy atom. The van der Waals surface area contributed by atoms with Crippen LogP contribution in [-0.2, 0) is 13.2 Å². The fourth-order valence-electron chi connectivity index (χ4n) is 2.92. The maximum Gasteiger partial charge on any atom is 0.198 e. The van der Waals surface area contributed by atoms with Crippen molar-refractivity contribution in [2.24, 2.45) is 0 Å². The van der Waals surface area contributed by atoms with Crippen molar-refractivity contribution in [3.63, 3.8) is 0 Å². The third-order valence-corrected chi connectivity index (χ3v) is 4.75. The fraction of sp³-hybridized carbons (Fsp3) is 0.500. The number of piperazine rings is 1. The molecule has 0 radical (unpaired) electrons. The summed E-state index contributed by atoms with van der Waals surface area (Å²) in [5.41, 5.74) is 2.70. The van der Waals surface area contributed by atoms with Gasteiger partial charge in [-0.2, -0.15) is 5.10 Å². The molecular formula is C16H23N5S. The van der Waals surface area contributed by atoms with E-state index in [1.807, 2.05) is 15.6 Å². The van der Waals surface area contributed by atoms with Gasteiger partial charge in [0, 0.05) is 38.4 Å². The lowest BCUT2D eigenvalue weighted by Gasteiger charge is -2.36. The average Bonchev–Trinajstić information content (AvgIpc) is 2.89. The summed E-state index contributed by atoms with van der Waals surface area (Å²) in [4.78, 5) is 4.88. The molecule has 0 bridgehead atoms. The van der Waals surface area contributed by atoms with Crippen molar-refractivity contribution < 1.29 is 0 Å². The van der Waals surface area contributed by atoms with Crippen molar-refractivity contribution in [2.75, 3.05) is 31.1 Å². The summed E-state index contributed by atoms with van der Waals surface area (Å²) in [5, 5.41) is 4.39. The Kier molecular flexibility index (Phi) is 4.59. The lowest BCUT2D eigenvalue weighted by Crippen LogP contribution is -2.47. The molecule has 22 heavy (non-hydrogen) atoms. The third-order valence-electron chi connectivity index (χ3n) is 4.30. The van der Waals surface area contributed by atoms with E-state index in [9.17, 15) is 0 Å². The Labute approximate surface area is 136 Å². The van der Waals surface area contributed by atoms with Crippen LogP contribution in [0.4, 0.5) is 5.69 Å². The number of anilines is 1. The highest BCUT2D eigenvalue weighted by atomic mass is 32.1. The average molecular weight is 317 g/mol. The molecule has 1 aliphatic heterocycles. The molecule has 2 heterocycles. The highest BCUT2D eigenvalue weighted by Gasteiger charge is 2.18. The van der Waals surface area contributed by atoms with E-state index in [1.165, 1.54) is 11.3 Å². The Morgan fingerprint density at radius 3 is 2.50 bits per heavy atom. The molecule has 3 rings (SSSR count). The number of aromatic nitrogens is 3. The summed E-state index contributed by atoms with van der Waals surface area (Å²) in [7, 11) is 0. The van der Waals surface area contributed by atoms with Gasteiger partial charge in [-0.05, 0) is 37.7 Å². The van der Waals surface area contributed by atoms with Gasteiger partial charge in [0.15, 0.2) is 4.77 Å². The Morgan fingerprint density at radius 1 is 1.14 bits per heavy atom. The first-order valence-corrected chi connectivity index (χ1v) is 8.25. The van der Waals surface area contributed by atoms with Crippen molar-refractivity contribution in [3.8, 4) is 0 Å². The second kappa shape index (κ2) is 6.62. The van der Waals surface area contributed by atoms with E-state index in [0.717, 1.165) is 44.2 Å². The first kappa shape index (κ1) is 15.2. The van der Waals surface area contributed by atoms with Crippen LogP contribution in [0.3, 0.4) is 0 Å². The largest absolute Gasteiger partial charge is 0.369 e. The minimum Gasteiger partial charge on any atom is -0.369 e. The Balaban J connectivity index is 1.61. The van der Waals surface area contributed by atoms with Crippen LogP contribution in [0.1, 0.15) is 12.5 Å². The number of para-hydroxylation sites is 1. The number of aryl methyl sites for hydroxylation is 2. The van der Waals surface area contributed by atoms with Gasteiger partial charge in [-0.25, -0.2) is 4.68 Å². The molecule has 0 aliphatic carbocycles. The summed E-state index contributed by atoms with van der Waals surface area (Å²) in [6.07, 6.45) is 1.83. The van der Waals surface area contributed by atoms with Crippen LogP contribution in [0.15, 0.2) is 30.6 Å². The fourth-order valence-corrected chi connectivity index (χ4v) is 3.20. The quantitative estimate of drug-likeness (QED) is 0.811. The molecule has 2 aromatic rings. The molecule has 0 amide bonds. The third kappa shape index (κ3) is 3.08. The SMILES string of the molecule is CCn1cnn(CN2CCN(c3ccccc3C)CC2)c1=S. The van der Waals surface area contributed by atoms with Gasteiger partial charge in [-0.15, -0.1) is 0 Å². The molecule has 1 saturated heterocycles. The van der Waals surface area contributed by atoms with Gasteiger partial charge in [0.2, 0.25) is 0 Å². The lowest BCUT2D eigenvalue weighted by molar-refractivity contribution is 0.194. The number of hydrogen-bond acceptors (Lipinski definition) is 4. The Hall–Kier alpha value is -1.66. The molecule has 0 unspecified atom stereocenters. The van der Waals surface area contributed by atoms with Crippen molar-refractivity contribution in [1.29, 1.82) is 0 Å². The second-order valence-corrected chi connectivity index (χ2v) is 6.10. The number of hydrogen-bond donors (Lipinski definition) is 0. The molecule has 0 saturated carbocycles. The molecule has 0 spiro atoms. The van der Waals surface area contributed by atoms with Gasteiger partial charge in [-0.1, -0.05) is 18.2 Å². The molecule has 1 aliphatic rings.